The fourth-order valence-electron chi connectivity index (χ4n) is 2.16. The lowest BCUT2D eigenvalue weighted by Crippen LogP contribution is -2.35. The minimum Gasteiger partial charge on any atom is -0.395 e. The molecule has 1 aliphatic rings. The lowest BCUT2D eigenvalue weighted by molar-refractivity contribution is 0.297. The van der Waals surface area contributed by atoms with Crippen LogP contribution in [0.4, 0.5) is 5.13 Å². The molecule has 1 N–H and O–H groups in total. The largest absolute Gasteiger partial charge is 0.395 e. The van der Waals surface area contributed by atoms with Gasteiger partial charge >= 0.3 is 0 Å². The van der Waals surface area contributed by atoms with E-state index in [0.717, 1.165) is 10.1 Å². The molecule has 1 aromatic rings. The summed E-state index contributed by atoms with van der Waals surface area (Å²) in [5.41, 5.74) is 0. The molecule has 2 rings (SSSR count). The van der Waals surface area contributed by atoms with E-state index in [1.54, 1.807) is 11.3 Å². The topological polar surface area (TPSA) is 49.2 Å². The number of hydrogen-bond acceptors (Lipinski definition) is 5. The minimum absolute atomic E-state index is 0.190. The molecule has 84 valence electrons. The van der Waals surface area contributed by atoms with E-state index in [2.05, 4.69) is 15.1 Å². The summed E-state index contributed by atoms with van der Waals surface area (Å²) in [6.45, 7) is 2.83. The van der Waals surface area contributed by atoms with Crippen molar-refractivity contribution in [3.8, 4) is 0 Å². The number of aromatic nitrogens is 2. The maximum Gasteiger partial charge on any atom is 0.208 e. The fraction of sp³-hybridized carbons (Fsp3) is 0.800. The summed E-state index contributed by atoms with van der Waals surface area (Å²) in [7, 11) is 0. The molecule has 1 aliphatic carbocycles. The molecule has 0 amide bonds. The maximum absolute atomic E-state index is 9.08. The summed E-state index contributed by atoms with van der Waals surface area (Å²) in [6, 6.07) is 0.560. The Hall–Kier alpha value is -0.680. The maximum atomic E-state index is 9.08. The van der Waals surface area contributed by atoms with Crippen LogP contribution >= 0.6 is 11.3 Å². The molecule has 5 heteroatoms. The van der Waals surface area contributed by atoms with Gasteiger partial charge in [-0.3, -0.25) is 0 Å². The molecule has 4 nitrogen and oxygen atoms in total. The first-order chi connectivity index (χ1) is 7.31. The highest BCUT2D eigenvalue weighted by Crippen LogP contribution is 2.29. The van der Waals surface area contributed by atoms with E-state index in [-0.39, 0.29) is 6.61 Å². The van der Waals surface area contributed by atoms with Crippen LogP contribution in [-0.2, 0) is 0 Å². The monoisotopic (exact) mass is 227 g/mol. The average molecular weight is 227 g/mol. The molecule has 0 aliphatic heterocycles. The van der Waals surface area contributed by atoms with Gasteiger partial charge in [0.2, 0.25) is 5.13 Å². The van der Waals surface area contributed by atoms with Crippen LogP contribution in [0.25, 0.3) is 0 Å². The SMILES string of the molecule is Cc1nnc(N(CCO)C2CCCC2)s1. The Morgan fingerprint density at radius 1 is 1.40 bits per heavy atom. The average Bonchev–Trinajstić information content (AvgIpc) is 2.85. The van der Waals surface area contributed by atoms with Gasteiger partial charge < -0.3 is 10.0 Å². The lowest BCUT2D eigenvalue weighted by atomic mass is 10.2. The van der Waals surface area contributed by atoms with Gasteiger partial charge in [-0.05, 0) is 19.8 Å². The van der Waals surface area contributed by atoms with Gasteiger partial charge in [0.15, 0.2) is 0 Å². The van der Waals surface area contributed by atoms with E-state index in [4.69, 9.17) is 5.11 Å². The number of hydrogen-bond donors (Lipinski definition) is 1. The van der Waals surface area contributed by atoms with Crippen LogP contribution < -0.4 is 4.90 Å². The molecule has 0 unspecified atom stereocenters. The molecule has 0 atom stereocenters. The van der Waals surface area contributed by atoms with E-state index in [1.807, 2.05) is 6.92 Å². The quantitative estimate of drug-likeness (QED) is 0.848. The van der Waals surface area contributed by atoms with Gasteiger partial charge in [-0.2, -0.15) is 0 Å². The van der Waals surface area contributed by atoms with Gasteiger partial charge in [0, 0.05) is 12.6 Å². The minimum atomic E-state index is 0.190. The molecule has 15 heavy (non-hydrogen) atoms. The molecule has 0 aromatic carbocycles. The van der Waals surface area contributed by atoms with Crippen molar-refractivity contribution >= 4 is 16.5 Å². The second-order valence-corrected chi connectivity index (χ2v) is 5.12. The number of aliphatic hydroxyl groups is 1. The predicted octanol–water partition coefficient (Wildman–Crippen LogP) is 1.59. The Bertz CT molecular complexity index is 309. The fourth-order valence-corrected chi connectivity index (χ4v) is 2.95. The van der Waals surface area contributed by atoms with E-state index in [0.29, 0.717) is 12.6 Å². The first-order valence-electron chi connectivity index (χ1n) is 5.49. The Morgan fingerprint density at radius 2 is 2.13 bits per heavy atom. The van der Waals surface area contributed by atoms with E-state index in [1.165, 1.54) is 25.7 Å². The third kappa shape index (κ3) is 2.46. The van der Waals surface area contributed by atoms with Gasteiger partial charge in [0.1, 0.15) is 5.01 Å². The Kier molecular flexibility index (Phi) is 3.53. The predicted molar refractivity (Wildman–Crippen MR) is 61.3 cm³/mol. The van der Waals surface area contributed by atoms with Gasteiger partial charge in [0.25, 0.3) is 0 Å². The smallest absolute Gasteiger partial charge is 0.208 e. The summed E-state index contributed by atoms with van der Waals surface area (Å²) in [5.74, 6) is 0. The van der Waals surface area contributed by atoms with Gasteiger partial charge in [-0.1, -0.05) is 24.2 Å². The number of nitrogens with zero attached hydrogens (tertiary/aromatic N) is 3. The molecule has 0 saturated heterocycles. The second kappa shape index (κ2) is 4.90. The molecule has 0 bridgehead atoms. The molecule has 0 spiro atoms. The highest BCUT2D eigenvalue weighted by atomic mass is 32.1. The van der Waals surface area contributed by atoms with Crippen LogP contribution in [0.5, 0.6) is 0 Å². The Morgan fingerprint density at radius 3 is 2.67 bits per heavy atom. The van der Waals surface area contributed by atoms with Crippen molar-refractivity contribution in [1.29, 1.82) is 0 Å². The van der Waals surface area contributed by atoms with E-state index < -0.39 is 0 Å². The second-order valence-electron chi connectivity index (χ2n) is 3.96. The van der Waals surface area contributed by atoms with Crippen molar-refractivity contribution in [1.82, 2.24) is 10.2 Å². The summed E-state index contributed by atoms with van der Waals surface area (Å²) in [6.07, 6.45) is 5.03. The third-order valence-corrected chi connectivity index (χ3v) is 3.74. The third-order valence-electron chi connectivity index (χ3n) is 2.87. The van der Waals surface area contributed by atoms with Crippen molar-refractivity contribution in [2.24, 2.45) is 0 Å². The van der Waals surface area contributed by atoms with Crippen molar-refractivity contribution in [2.75, 3.05) is 18.1 Å². The van der Waals surface area contributed by atoms with Crippen LogP contribution in [0.2, 0.25) is 0 Å². The highest BCUT2D eigenvalue weighted by Gasteiger charge is 2.24. The molecular weight excluding hydrogens is 210 g/mol. The summed E-state index contributed by atoms with van der Waals surface area (Å²) >= 11 is 1.62. The number of anilines is 1. The van der Waals surface area contributed by atoms with Crippen molar-refractivity contribution < 1.29 is 5.11 Å². The molecule has 0 radical (unpaired) electrons. The molecule has 1 aromatic heterocycles. The number of aliphatic hydroxyl groups excluding tert-OH is 1. The van der Waals surface area contributed by atoms with Crippen LogP contribution in [0.3, 0.4) is 0 Å². The first-order valence-corrected chi connectivity index (χ1v) is 6.30. The molecule has 1 fully saturated rings. The zero-order valence-electron chi connectivity index (χ0n) is 9.02. The Labute approximate surface area is 93.9 Å². The van der Waals surface area contributed by atoms with Crippen LogP contribution in [0, 0.1) is 6.92 Å². The lowest BCUT2D eigenvalue weighted by Gasteiger charge is -2.27. The van der Waals surface area contributed by atoms with Gasteiger partial charge in [-0.15, -0.1) is 10.2 Å². The van der Waals surface area contributed by atoms with Crippen LogP contribution in [-0.4, -0.2) is 34.5 Å². The zero-order chi connectivity index (χ0) is 10.7. The highest BCUT2D eigenvalue weighted by molar-refractivity contribution is 7.15. The standard InChI is InChI=1S/C10H17N3OS/c1-8-11-12-10(15-8)13(6-7-14)9-4-2-3-5-9/h9,14H,2-7H2,1H3. The summed E-state index contributed by atoms with van der Waals surface area (Å²) in [4.78, 5) is 2.22. The summed E-state index contributed by atoms with van der Waals surface area (Å²) in [5, 5.41) is 19.2. The molecular formula is C10H17N3OS. The van der Waals surface area contributed by atoms with Crippen molar-refractivity contribution in [3.63, 3.8) is 0 Å². The summed E-state index contributed by atoms with van der Waals surface area (Å²) < 4.78 is 0. The van der Waals surface area contributed by atoms with Crippen LogP contribution in [0.15, 0.2) is 0 Å². The van der Waals surface area contributed by atoms with Gasteiger partial charge in [-0.25, -0.2) is 0 Å². The molecule has 1 heterocycles. The van der Waals surface area contributed by atoms with Crippen molar-refractivity contribution in [2.45, 2.75) is 38.6 Å². The van der Waals surface area contributed by atoms with E-state index in [9.17, 15) is 0 Å². The van der Waals surface area contributed by atoms with Gasteiger partial charge in [0.05, 0.1) is 6.61 Å². The normalized spacial score (nSPS) is 17.2. The number of rotatable bonds is 4. The molecule has 1 saturated carbocycles. The number of aryl methyl sites for hydroxylation is 1. The Balaban J connectivity index is 2.11. The zero-order valence-corrected chi connectivity index (χ0v) is 9.83. The van der Waals surface area contributed by atoms with E-state index >= 15 is 0 Å². The first kappa shape index (κ1) is 10.8. The van der Waals surface area contributed by atoms with Crippen molar-refractivity contribution in [3.05, 3.63) is 5.01 Å². The van der Waals surface area contributed by atoms with Crippen LogP contribution in [0.1, 0.15) is 30.7 Å².